The molecule has 3 saturated carbocycles. The number of fused-ring (bicyclic) bond motifs is 6. The smallest absolute Gasteiger partial charge is 0.174 e. The highest BCUT2D eigenvalue weighted by Crippen LogP contribution is 2.68. The minimum absolute atomic E-state index is 0.166. The van der Waals surface area contributed by atoms with E-state index in [-0.39, 0.29) is 17.2 Å². The third-order valence-electron chi connectivity index (χ3n) is 9.09. The molecule has 1 unspecified atom stereocenters. The number of hydrogen-bond acceptors (Lipinski definition) is 3. The zero-order chi connectivity index (χ0) is 18.0. The van der Waals surface area contributed by atoms with E-state index in [0.29, 0.717) is 11.3 Å². The van der Waals surface area contributed by atoms with Gasteiger partial charge in [0.15, 0.2) is 5.79 Å². The normalized spacial score (nSPS) is 48.9. The van der Waals surface area contributed by atoms with Crippen LogP contribution in [0.1, 0.15) is 65.2 Å². The van der Waals surface area contributed by atoms with Gasteiger partial charge in [-0.15, -0.1) is 0 Å². The number of azide groups is 1. The monoisotopic (exact) mass is 357 g/mol. The molecule has 0 bridgehead atoms. The van der Waals surface area contributed by atoms with Gasteiger partial charge in [-0.2, -0.15) is 0 Å². The molecule has 142 valence electrons. The molecule has 26 heavy (non-hydrogen) atoms. The number of ether oxygens (including phenoxy) is 2. The van der Waals surface area contributed by atoms with Gasteiger partial charge >= 0.3 is 0 Å². The number of allylic oxidation sites excluding steroid dienone is 1. The van der Waals surface area contributed by atoms with Gasteiger partial charge in [0, 0.05) is 22.8 Å². The van der Waals surface area contributed by atoms with Crippen LogP contribution in [0.25, 0.3) is 10.4 Å². The van der Waals surface area contributed by atoms with Crippen molar-refractivity contribution in [3.8, 4) is 0 Å². The summed E-state index contributed by atoms with van der Waals surface area (Å²) in [4.78, 5) is 3.06. The van der Waals surface area contributed by atoms with Gasteiger partial charge in [-0.1, -0.05) is 30.6 Å². The Hall–Kier alpha value is -1.03. The van der Waals surface area contributed by atoms with Crippen LogP contribution in [0, 0.1) is 28.6 Å². The Balaban J connectivity index is 1.45. The average molecular weight is 357 g/mol. The molecule has 0 N–H and O–H groups in total. The highest BCUT2D eigenvalue weighted by atomic mass is 16.7. The molecule has 6 atom stereocenters. The van der Waals surface area contributed by atoms with Crippen molar-refractivity contribution in [3.05, 3.63) is 22.1 Å². The van der Waals surface area contributed by atoms with Crippen molar-refractivity contribution in [2.45, 2.75) is 77.0 Å². The molecule has 1 saturated heterocycles. The lowest BCUT2D eigenvalue weighted by molar-refractivity contribution is -0.242. The van der Waals surface area contributed by atoms with E-state index in [4.69, 9.17) is 15.0 Å². The first-order valence-corrected chi connectivity index (χ1v) is 10.5. The van der Waals surface area contributed by atoms with Crippen LogP contribution < -0.4 is 0 Å². The number of rotatable bonds is 1. The summed E-state index contributed by atoms with van der Waals surface area (Å²) in [5.74, 6) is 1.94. The third kappa shape index (κ3) is 2.08. The summed E-state index contributed by atoms with van der Waals surface area (Å²) in [6.07, 6.45) is 11.7. The van der Waals surface area contributed by atoms with Crippen LogP contribution in [0.15, 0.2) is 16.8 Å². The van der Waals surface area contributed by atoms with Crippen LogP contribution in [0.3, 0.4) is 0 Å². The van der Waals surface area contributed by atoms with Crippen LogP contribution in [0.5, 0.6) is 0 Å². The van der Waals surface area contributed by atoms with Gasteiger partial charge < -0.3 is 9.47 Å². The van der Waals surface area contributed by atoms with Gasteiger partial charge in [-0.3, -0.25) is 0 Å². The van der Waals surface area contributed by atoms with Gasteiger partial charge in [-0.25, -0.2) is 0 Å². The molecule has 0 aromatic heterocycles. The summed E-state index contributed by atoms with van der Waals surface area (Å²) in [7, 11) is 0. The minimum Gasteiger partial charge on any atom is -0.347 e. The molecular weight excluding hydrogens is 326 g/mol. The Bertz CT molecular complexity index is 679. The fourth-order valence-corrected chi connectivity index (χ4v) is 7.70. The predicted octanol–water partition coefficient (Wildman–Crippen LogP) is 5.37. The zero-order valence-corrected chi connectivity index (χ0v) is 16.1. The fraction of sp³-hybridized carbons (Fsp3) is 0.905. The maximum Gasteiger partial charge on any atom is 0.174 e. The second-order valence-corrected chi connectivity index (χ2v) is 9.81. The Morgan fingerprint density at radius 2 is 1.85 bits per heavy atom. The van der Waals surface area contributed by atoms with Crippen LogP contribution in [-0.4, -0.2) is 25.0 Å². The maximum absolute atomic E-state index is 8.81. The third-order valence-corrected chi connectivity index (χ3v) is 9.09. The van der Waals surface area contributed by atoms with Crippen molar-refractivity contribution >= 4 is 0 Å². The largest absolute Gasteiger partial charge is 0.347 e. The lowest BCUT2D eigenvalue weighted by Crippen LogP contribution is -2.55. The first-order valence-electron chi connectivity index (χ1n) is 10.5. The van der Waals surface area contributed by atoms with Gasteiger partial charge in [0.2, 0.25) is 0 Å². The van der Waals surface area contributed by atoms with E-state index in [0.717, 1.165) is 44.3 Å². The fourth-order valence-electron chi connectivity index (χ4n) is 7.70. The summed E-state index contributed by atoms with van der Waals surface area (Å²) >= 11 is 0. The van der Waals surface area contributed by atoms with Gasteiger partial charge in [-0.05, 0) is 73.6 Å². The van der Waals surface area contributed by atoms with E-state index in [9.17, 15) is 0 Å². The van der Waals surface area contributed by atoms with Crippen molar-refractivity contribution in [2.24, 2.45) is 33.7 Å². The molecular formula is C21H31N3O2. The predicted molar refractivity (Wildman–Crippen MR) is 99.3 cm³/mol. The molecule has 1 heterocycles. The van der Waals surface area contributed by atoms with Crippen molar-refractivity contribution in [1.29, 1.82) is 0 Å². The Morgan fingerprint density at radius 3 is 2.62 bits per heavy atom. The van der Waals surface area contributed by atoms with Crippen molar-refractivity contribution in [1.82, 2.24) is 0 Å². The molecule has 0 radical (unpaired) electrons. The highest BCUT2D eigenvalue weighted by Gasteiger charge is 2.66. The van der Waals surface area contributed by atoms with Crippen molar-refractivity contribution in [2.75, 3.05) is 13.2 Å². The molecule has 5 rings (SSSR count). The van der Waals surface area contributed by atoms with Gasteiger partial charge in [0.1, 0.15) is 0 Å². The van der Waals surface area contributed by atoms with Crippen LogP contribution in [0.4, 0.5) is 0 Å². The Morgan fingerprint density at radius 1 is 1.08 bits per heavy atom. The molecule has 4 fully saturated rings. The quantitative estimate of drug-likeness (QED) is 0.274. The molecule has 0 amide bonds. The van der Waals surface area contributed by atoms with E-state index in [2.05, 4.69) is 29.9 Å². The van der Waals surface area contributed by atoms with Crippen LogP contribution in [0.2, 0.25) is 0 Å². The Kier molecular flexibility index (Phi) is 3.77. The first kappa shape index (κ1) is 17.1. The molecule has 1 spiro atoms. The second-order valence-electron chi connectivity index (χ2n) is 9.81. The zero-order valence-electron chi connectivity index (χ0n) is 16.1. The second kappa shape index (κ2) is 5.73. The number of hydrogen-bond donors (Lipinski definition) is 0. The standard InChI is InChI=1S/C21H31N3O2/c1-19-8-5-15(23-24-22)13-14(19)3-4-16-17(19)6-9-20(2)18(16)7-10-21(20)25-11-12-26-21/h3,15-18H,4-13H2,1-2H3/t15-,16+,17?,18-,19-,20-/m0/s1. The lowest BCUT2D eigenvalue weighted by Gasteiger charge is -2.58. The lowest BCUT2D eigenvalue weighted by atomic mass is 9.47. The van der Waals surface area contributed by atoms with E-state index in [1.54, 1.807) is 5.57 Å². The summed E-state index contributed by atoms with van der Waals surface area (Å²) in [5.41, 5.74) is 10.9. The van der Waals surface area contributed by atoms with Crippen molar-refractivity contribution in [3.63, 3.8) is 0 Å². The number of nitrogens with zero attached hydrogens (tertiary/aromatic N) is 3. The topological polar surface area (TPSA) is 67.2 Å². The molecule has 0 aromatic carbocycles. The average Bonchev–Trinajstić information content (AvgIpc) is 3.22. The summed E-state index contributed by atoms with van der Waals surface area (Å²) in [6.45, 7) is 6.47. The Labute approximate surface area is 156 Å². The first-order chi connectivity index (χ1) is 12.5. The molecule has 5 heteroatoms. The van der Waals surface area contributed by atoms with Gasteiger partial charge in [0.25, 0.3) is 0 Å². The van der Waals surface area contributed by atoms with Crippen molar-refractivity contribution < 1.29 is 9.47 Å². The van der Waals surface area contributed by atoms with E-state index in [1.165, 1.54) is 32.1 Å². The van der Waals surface area contributed by atoms with E-state index in [1.807, 2.05) is 0 Å². The van der Waals surface area contributed by atoms with Crippen LogP contribution >= 0.6 is 0 Å². The summed E-state index contributed by atoms with van der Waals surface area (Å²) in [5, 5.41) is 4.03. The molecule has 0 aromatic rings. The summed E-state index contributed by atoms with van der Waals surface area (Å²) < 4.78 is 12.5. The molecule has 5 aliphatic rings. The highest BCUT2D eigenvalue weighted by molar-refractivity contribution is 5.26. The van der Waals surface area contributed by atoms with Gasteiger partial charge in [0.05, 0.1) is 13.2 Å². The molecule has 4 aliphatic carbocycles. The van der Waals surface area contributed by atoms with Crippen LogP contribution in [-0.2, 0) is 9.47 Å². The summed E-state index contributed by atoms with van der Waals surface area (Å²) in [6, 6.07) is 0.166. The minimum atomic E-state index is -0.299. The molecule has 1 aliphatic heterocycles. The molecule has 5 nitrogen and oxygen atoms in total. The SMILES string of the molecule is C[C@]12CC[C@H](N=[N+]=[N-])CC1=CC[C@@H]1C2CC[C@@]2(C)[C@H]1CCC21OCCO1. The van der Waals surface area contributed by atoms with E-state index < -0.39 is 0 Å². The van der Waals surface area contributed by atoms with E-state index >= 15 is 0 Å². The maximum atomic E-state index is 8.81.